The van der Waals surface area contributed by atoms with Crippen molar-refractivity contribution in [3.8, 4) is 0 Å². The lowest BCUT2D eigenvalue weighted by Gasteiger charge is -2.25. The highest BCUT2D eigenvalue weighted by Gasteiger charge is 2.22. The van der Waals surface area contributed by atoms with Gasteiger partial charge in [0, 0.05) is 26.2 Å². The minimum Gasteiger partial charge on any atom is -0.351 e. The third-order valence-electron chi connectivity index (χ3n) is 4.46. The molecular weight excluding hydrogens is 312 g/mol. The van der Waals surface area contributed by atoms with Crippen molar-refractivity contribution in [2.24, 2.45) is 10.2 Å². The van der Waals surface area contributed by atoms with Crippen molar-refractivity contribution in [2.75, 3.05) is 36.0 Å². The van der Waals surface area contributed by atoms with Crippen molar-refractivity contribution in [3.05, 3.63) is 0 Å². The molecule has 2 aliphatic heterocycles. The van der Waals surface area contributed by atoms with Crippen molar-refractivity contribution in [1.82, 2.24) is 20.6 Å². The number of nitrogens with zero attached hydrogens (tertiary/aromatic N) is 8. The minimum atomic E-state index is 0.365. The molecule has 10 nitrogen and oxygen atoms in total. The first-order valence-corrected chi connectivity index (χ1v) is 8.48. The third kappa shape index (κ3) is 3.08. The average molecular weight is 332 g/mol. The van der Waals surface area contributed by atoms with Crippen molar-refractivity contribution in [3.63, 3.8) is 0 Å². The number of anilines is 2. The molecule has 0 N–H and O–H groups in total. The molecule has 0 radical (unpaired) electrons. The monoisotopic (exact) mass is 332 g/mol. The fourth-order valence-electron chi connectivity index (χ4n) is 3.19. The van der Waals surface area contributed by atoms with Crippen molar-refractivity contribution in [1.29, 1.82) is 0 Å². The first-order valence-electron chi connectivity index (χ1n) is 8.48. The maximum absolute atomic E-state index is 4.85. The number of aromatic nitrogens is 4. The van der Waals surface area contributed by atoms with Gasteiger partial charge < -0.3 is 9.80 Å². The molecule has 128 valence electrons. The number of rotatable bonds is 4. The number of piperidine rings is 2. The van der Waals surface area contributed by atoms with Gasteiger partial charge in [-0.25, -0.2) is 9.26 Å². The van der Waals surface area contributed by atoms with E-state index in [0.717, 1.165) is 51.9 Å². The Morgan fingerprint density at radius 3 is 1.42 bits per heavy atom. The molecule has 24 heavy (non-hydrogen) atoms. The molecule has 0 saturated carbocycles. The van der Waals surface area contributed by atoms with E-state index in [4.69, 9.17) is 9.26 Å². The molecule has 0 aromatic carbocycles. The van der Waals surface area contributed by atoms with Crippen LogP contribution in [0.25, 0.3) is 0 Å². The van der Waals surface area contributed by atoms with Crippen LogP contribution in [0.15, 0.2) is 19.5 Å². The molecule has 4 rings (SSSR count). The molecule has 2 aromatic rings. The minimum absolute atomic E-state index is 0.365. The van der Waals surface area contributed by atoms with Gasteiger partial charge in [0.15, 0.2) is 0 Å². The summed E-state index contributed by atoms with van der Waals surface area (Å²) in [5.74, 6) is 2.00. The van der Waals surface area contributed by atoms with Crippen LogP contribution in [-0.2, 0) is 0 Å². The van der Waals surface area contributed by atoms with E-state index in [1.807, 2.05) is 0 Å². The molecule has 0 amide bonds. The normalized spacial score (nSPS) is 19.3. The summed E-state index contributed by atoms with van der Waals surface area (Å²) < 4.78 is 9.70. The van der Waals surface area contributed by atoms with Gasteiger partial charge in [-0.1, -0.05) is 0 Å². The Kier molecular flexibility index (Phi) is 4.34. The van der Waals surface area contributed by atoms with Crippen LogP contribution in [-0.4, -0.2) is 46.8 Å². The van der Waals surface area contributed by atoms with Crippen LogP contribution >= 0.6 is 0 Å². The van der Waals surface area contributed by atoms with Crippen LogP contribution in [0, 0.1) is 0 Å². The molecule has 2 fully saturated rings. The highest BCUT2D eigenvalue weighted by atomic mass is 16.6. The molecule has 0 bridgehead atoms. The second kappa shape index (κ2) is 6.93. The van der Waals surface area contributed by atoms with E-state index in [1.165, 1.54) is 12.8 Å². The van der Waals surface area contributed by atoms with E-state index in [0.29, 0.717) is 23.3 Å². The summed E-state index contributed by atoms with van der Waals surface area (Å²) in [4.78, 5) is 4.25. The Labute approximate surface area is 138 Å². The van der Waals surface area contributed by atoms with Crippen LogP contribution < -0.4 is 9.80 Å². The zero-order valence-corrected chi connectivity index (χ0v) is 13.5. The largest absolute Gasteiger partial charge is 0.351 e. The smallest absolute Gasteiger partial charge is 0.261 e. The highest BCUT2D eigenvalue weighted by Crippen LogP contribution is 2.31. The van der Waals surface area contributed by atoms with Crippen LogP contribution in [0.3, 0.4) is 0 Å². The van der Waals surface area contributed by atoms with Gasteiger partial charge in [0.1, 0.15) is 0 Å². The van der Waals surface area contributed by atoms with Gasteiger partial charge in [-0.15, -0.1) is 10.2 Å². The molecule has 2 aliphatic rings. The zero-order valence-electron chi connectivity index (χ0n) is 13.5. The van der Waals surface area contributed by atoms with E-state index in [1.54, 1.807) is 0 Å². The predicted molar refractivity (Wildman–Crippen MR) is 84.9 cm³/mol. The standard InChI is InChI=1S/C14H20N8O2/c1-3-7-21(8-4-1)13-11(17-23-19-13)15-16-12-14(20-24-18-12)22-9-5-2-6-10-22/h1-10H2. The molecule has 0 aliphatic carbocycles. The Balaban J connectivity index is 1.52. The van der Waals surface area contributed by atoms with Crippen LogP contribution in [0.4, 0.5) is 23.3 Å². The third-order valence-corrected chi connectivity index (χ3v) is 4.46. The summed E-state index contributed by atoms with van der Waals surface area (Å²) in [7, 11) is 0. The molecule has 10 heteroatoms. The Hall–Kier alpha value is -2.52. The summed E-state index contributed by atoms with van der Waals surface area (Å²) in [5, 5.41) is 24.0. The molecule has 0 atom stereocenters. The second-order valence-corrected chi connectivity index (χ2v) is 6.12. The predicted octanol–water partition coefficient (Wildman–Crippen LogP) is 2.85. The summed E-state index contributed by atoms with van der Waals surface area (Å²) in [5.41, 5.74) is 0. The maximum Gasteiger partial charge on any atom is 0.261 e. The van der Waals surface area contributed by atoms with Crippen molar-refractivity contribution >= 4 is 23.3 Å². The van der Waals surface area contributed by atoms with Crippen LogP contribution in [0.2, 0.25) is 0 Å². The van der Waals surface area contributed by atoms with Gasteiger partial charge in [-0.2, -0.15) is 0 Å². The number of azo groups is 1. The van der Waals surface area contributed by atoms with Gasteiger partial charge in [0.05, 0.1) is 0 Å². The van der Waals surface area contributed by atoms with E-state index in [9.17, 15) is 0 Å². The summed E-state index contributed by atoms with van der Waals surface area (Å²) in [6, 6.07) is 0. The SMILES string of the molecule is C1CCN(c2nonc2N=Nc2nonc2N2CCCCC2)CC1. The average Bonchev–Trinajstić information content (AvgIpc) is 3.30. The first kappa shape index (κ1) is 15.0. The number of hydrogen-bond acceptors (Lipinski definition) is 10. The van der Waals surface area contributed by atoms with Gasteiger partial charge in [-0.05, 0) is 59.2 Å². The Morgan fingerprint density at radius 2 is 1.00 bits per heavy atom. The summed E-state index contributed by atoms with van der Waals surface area (Å²) >= 11 is 0. The zero-order chi connectivity index (χ0) is 16.2. The van der Waals surface area contributed by atoms with Gasteiger partial charge in [0.25, 0.3) is 11.6 Å². The summed E-state index contributed by atoms with van der Waals surface area (Å²) in [6.07, 6.45) is 7.02. The fourth-order valence-corrected chi connectivity index (χ4v) is 3.19. The topological polar surface area (TPSA) is 109 Å². The van der Waals surface area contributed by atoms with Crippen LogP contribution in [0.1, 0.15) is 38.5 Å². The lowest BCUT2D eigenvalue weighted by atomic mass is 10.1. The summed E-state index contributed by atoms with van der Waals surface area (Å²) in [6.45, 7) is 3.73. The molecule has 0 unspecified atom stereocenters. The van der Waals surface area contributed by atoms with E-state index >= 15 is 0 Å². The Morgan fingerprint density at radius 1 is 0.583 bits per heavy atom. The van der Waals surface area contributed by atoms with Gasteiger partial charge in [-0.3, -0.25) is 0 Å². The van der Waals surface area contributed by atoms with Crippen LogP contribution in [0.5, 0.6) is 0 Å². The lowest BCUT2D eigenvalue weighted by Crippen LogP contribution is -2.29. The van der Waals surface area contributed by atoms with E-state index in [-0.39, 0.29) is 0 Å². The number of hydrogen-bond donors (Lipinski definition) is 0. The Bertz CT molecular complexity index is 626. The van der Waals surface area contributed by atoms with E-state index < -0.39 is 0 Å². The quantitative estimate of drug-likeness (QED) is 0.786. The van der Waals surface area contributed by atoms with E-state index in [2.05, 4.69) is 40.7 Å². The molecule has 0 spiro atoms. The lowest BCUT2D eigenvalue weighted by molar-refractivity contribution is 0.306. The highest BCUT2D eigenvalue weighted by molar-refractivity contribution is 5.58. The maximum atomic E-state index is 4.85. The molecule has 4 heterocycles. The first-order chi connectivity index (χ1) is 11.9. The van der Waals surface area contributed by atoms with Crippen molar-refractivity contribution < 1.29 is 9.26 Å². The fraction of sp³-hybridized carbons (Fsp3) is 0.714. The van der Waals surface area contributed by atoms with Gasteiger partial charge >= 0.3 is 0 Å². The van der Waals surface area contributed by atoms with Gasteiger partial charge in [0.2, 0.25) is 11.6 Å². The molecule has 2 saturated heterocycles. The molecular formula is C14H20N8O2. The second-order valence-electron chi connectivity index (χ2n) is 6.12. The molecule has 2 aromatic heterocycles. The van der Waals surface area contributed by atoms with Crippen molar-refractivity contribution in [2.45, 2.75) is 38.5 Å².